The molecule has 1 N–H and O–H groups in total. The molecule has 0 aromatic rings. The number of carbonyl (C=O) groups excluding carboxylic acids is 2. The molecule has 5 nitrogen and oxygen atoms in total. The zero-order valence-corrected chi connectivity index (χ0v) is 11.6. The summed E-state index contributed by atoms with van der Waals surface area (Å²) in [6, 6.07) is -0.321. The SMILES string of the molecule is CCOCCCN1C(=O)CNC(=O)C1C(C)CC. The van der Waals surface area contributed by atoms with Crippen LogP contribution in [0.2, 0.25) is 0 Å². The fraction of sp³-hybridized carbons (Fsp3) is 0.846. The predicted molar refractivity (Wildman–Crippen MR) is 69.1 cm³/mol. The first-order valence-corrected chi connectivity index (χ1v) is 6.76. The standard InChI is InChI=1S/C13H24N2O3/c1-4-10(3)12-13(17)14-9-11(16)15(12)7-6-8-18-5-2/h10,12H,4-9H2,1-3H3,(H,14,17). The number of piperazine rings is 1. The molecule has 0 saturated carbocycles. The Morgan fingerprint density at radius 1 is 1.44 bits per heavy atom. The van der Waals surface area contributed by atoms with E-state index in [0.717, 1.165) is 12.8 Å². The fourth-order valence-electron chi connectivity index (χ4n) is 2.20. The van der Waals surface area contributed by atoms with Crippen molar-refractivity contribution in [2.75, 3.05) is 26.3 Å². The Kier molecular flexibility index (Phi) is 6.12. The topological polar surface area (TPSA) is 58.6 Å². The van der Waals surface area contributed by atoms with Gasteiger partial charge in [-0.3, -0.25) is 9.59 Å². The van der Waals surface area contributed by atoms with Crippen LogP contribution in [0.5, 0.6) is 0 Å². The second-order valence-corrected chi connectivity index (χ2v) is 4.69. The van der Waals surface area contributed by atoms with Gasteiger partial charge < -0.3 is 15.0 Å². The van der Waals surface area contributed by atoms with Crippen LogP contribution < -0.4 is 5.32 Å². The minimum Gasteiger partial charge on any atom is -0.382 e. The monoisotopic (exact) mass is 256 g/mol. The summed E-state index contributed by atoms with van der Waals surface area (Å²) >= 11 is 0. The smallest absolute Gasteiger partial charge is 0.243 e. The first-order valence-electron chi connectivity index (χ1n) is 6.76. The Morgan fingerprint density at radius 3 is 2.78 bits per heavy atom. The molecule has 1 aliphatic rings. The second-order valence-electron chi connectivity index (χ2n) is 4.69. The molecule has 0 bridgehead atoms. The van der Waals surface area contributed by atoms with Crippen molar-refractivity contribution in [3.8, 4) is 0 Å². The van der Waals surface area contributed by atoms with E-state index < -0.39 is 0 Å². The quantitative estimate of drug-likeness (QED) is 0.685. The van der Waals surface area contributed by atoms with E-state index in [-0.39, 0.29) is 30.3 Å². The Balaban J connectivity index is 2.61. The van der Waals surface area contributed by atoms with Gasteiger partial charge in [0.25, 0.3) is 0 Å². The molecule has 1 fully saturated rings. The summed E-state index contributed by atoms with van der Waals surface area (Å²) in [6.45, 7) is 8.04. The normalized spacial score (nSPS) is 21.9. The molecule has 0 aromatic carbocycles. The molecule has 0 radical (unpaired) electrons. The van der Waals surface area contributed by atoms with Crippen LogP contribution in [0.1, 0.15) is 33.6 Å². The van der Waals surface area contributed by atoms with E-state index in [4.69, 9.17) is 4.74 Å². The average Bonchev–Trinajstić information content (AvgIpc) is 2.37. The number of rotatable bonds is 7. The summed E-state index contributed by atoms with van der Waals surface area (Å²) in [5.41, 5.74) is 0. The van der Waals surface area contributed by atoms with Crippen LogP contribution >= 0.6 is 0 Å². The second kappa shape index (κ2) is 7.36. The maximum absolute atomic E-state index is 11.9. The molecule has 18 heavy (non-hydrogen) atoms. The third-order valence-electron chi connectivity index (χ3n) is 3.41. The molecular formula is C13H24N2O3. The Morgan fingerprint density at radius 2 is 2.17 bits per heavy atom. The van der Waals surface area contributed by atoms with Gasteiger partial charge in [-0.05, 0) is 19.3 Å². The first kappa shape index (κ1) is 15.0. The number of hydrogen-bond donors (Lipinski definition) is 1. The van der Waals surface area contributed by atoms with Crippen molar-refractivity contribution in [1.82, 2.24) is 10.2 Å². The lowest BCUT2D eigenvalue weighted by Crippen LogP contribution is -2.60. The van der Waals surface area contributed by atoms with E-state index in [1.54, 1.807) is 4.90 Å². The number of amides is 2. The van der Waals surface area contributed by atoms with Gasteiger partial charge in [0.15, 0.2) is 0 Å². The molecule has 1 saturated heterocycles. The predicted octanol–water partition coefficient (Wildman–Crippen LogP) is 0.786. The maximum atomic E-state index is 11.9. The molecule has 0 aliphatic carbocycles. The summed E-state index contributed by atoms with van der Waals surface area (Å²) in [5, 5.41) is 2.67. The van der Waals surface area contributed by atoms with Gasteiger partial charge in [-0.2, -0.15) is 0 Å². The lowest BCUT2D eigenvalue weighted by Gasteiger charge is -2.38. The summed E-state index contributed by atoms with van der Waals surface area (Å²) in [4.78, 5) is 25.5. The van der Waals surface area contributed by atoms with Gasteiger partial charge in [-0.1, -0.05) is 20.3 Å². The van der Waals surface area contributed by atoms with Crippen LogP contribution in [-0.2, 0) is 14.3 Å². The third kappa shape index (κ3) is 3.70. The molecule has 0 spiro atoms. The van der Waals surface area contributed by atoms with Crippen molar-refractivity contribution >= 4 is 11.8 Å². The number of ether oxygens (including phenoxy) is 1. The molecule has 2 unspecified atom stereocenters. The average molecular weight is 256 g/mol. The Bertz CT molecular complexity index is 294. The van der Waals surface area contributed by atoms with Gasteiger partial charge in [0, 0.05) is 19.8 Å². The molecule has 1 heterocycles. The van der Waals surface area contributed by atoms with Crippen molar-refractivity contribution in [2.24, 2.45) is 5.92 Å². The molecule has 0 aromatic heterocycles. The first-order chi connectivity index (χ1) is 8.61. The van der Waals surface area contributed by atoms with Crippen LogP contribution in [0, 0.1) is 5.92 Å². The highest BCUT2D eigenvalue weighted by molar-refractivity contribution is 5.94. The van der Waals surface area contributed by atoms with E-state index in [1.165, 1.54) is 0 Å². The van der Waals surface area contributed by atoms with Crippen molar-refractivity contribution in [3.63, 3.8) is 0 Å². The summed E-state index contributed by atoms with van der Waals surface area (Å²) < 4.78 is 5.27. The van der Waals surface area contributed by atoms with Crippen LogP contribution in [0.3, 0.4) is 0 Å². The maximum Gasteiger partial charge on any atom is 0.243 e. The highest BCUT2D eigenvalue weighted by Gasteiger charge is 2.36. The van der Waals surface area contributed by atoms with Gasteiger partial charge in [0.1, 0.15) is 6.04 Å². The van der Waals surface area contributed by atoms with E-state index in [9.17, 15) is 9.59 Å². The molecule has 2 atom stereocenters. The summed E-state index contributed by atoms with van der Waals surface area (Å²) in [7, 11) is 0. The van der Waals surface area contributed by atoms with Crippen molar-refractivity contribution < 1.29 is 14.3 Å². The lowest BCUT2D eigenvalue weighted by molar-refractivity contribution is -0.147. The van der Waals surface area contributed by atoms with Crippen molar-refractivity contribution in [2.45, 2.75) is 39.7 Å². The van der Waals surface area contributed by atoms with E-state index in [1.807, 2.05) is 20.8 Å². The van der Waals surface area contributed by atoms with Gasteiger partial charge >= 0.3 is 0 Å². The zero-order valence-electron chi connectivity index (χ0n) is 11.6. The van der Waals surface area contributed by atoms with E-state index in [0.29, 0.717) is 19.8 Å². The largest absolute Gasteiger partial charge is 0.382 e. The molecular weight excluding hydrogens is 232 g/mol. The highest BCUT2D eigenvalue weighted by Crippen LogP contribution is 2.18. The Labute approximate surface area is 109 Å². The zero-order chi connectivity index (χ0) is 13.5. The molecule has 1 aliphatic heterocycles. The van der Waals surface area contributed by atoms with Crippen LogP contribution in [-0.4, -0.2) is 49.1 Å². The number of nitrogens with one attached hydrogen (secondary N) is 1. The van der Waals surface area contributed by atoms with Crippen molar-refractivity contribution in [3.05, 3.63) is 0 Å². The minimum atomic E-state index is -0.321. The van der Waals surface area contributed by atoms with E-state index >= 15 is 0 Å². The molecule has 2 amide bonds. The van der Waals surface area contributed by atoms with Crippen LogP contribution in [0.15, 0.2) is 0 Å². The molecule has 1 rings (SSSR count). The van der Waals surface area contributed by atoms with Gasteiger partial charge in [0.05, 0.1) is 6.54 Å². The summed E-state index contributed by atoms with van der Waals surface area (Å²) in [6.07, 6.45) is 1.66. The highest BCUT2D eigenvalue weighted by atomic mass is 16.5. The molecule has 5 heteroatoms. The number of nitrogens with zero attached hydrogens (tertiary/aromatic N) is 1. The van der Waals surface area contributed by atoms with Gasteiger partial charge in [0.2, 0.25) is 11.8 Å². The van der Waals surface area contributed by atoms with E-state index in [2.05, 4.69) is 5.32 Å². The summed E-state index contributed by atoms with van der Waals surface area (Å²) in [5.74, 6) is 0.165. The molecule has 104 valence electrons. The fourth-order valence-corrected chi connectivity index (χ4v) is 2.20. The van der Waals surface area contributed by atoms with Crippen LogP contribution in [0.25, 0.3) is 0 Å². The number of hydrogen-bond acceptors (Lipinski definition) is 3. The van der Waals surface area contributed by atoms with Crippen LogP contribution in [0.4, 0.5) is 0 Å². The van der Waals surface area contributed by atoms with Gasteiger partial charge in [-0.25, -0.2) is 0 Å². The van der Waals surface area contributed by atoms with Crippen molar-refractivity contribution in [1.29, 1.82) is 0 Å². The van der Waals surface area contributed by atoms with Gasteiger partial charge in [-0.15, -0.1) is 0 Å². The lowest BCUT2D eigenvalue weighted by atomic mass is 9.95. The minimum absolute atomic E-state index is 0.0106. The Hall–Kier alpha value is -1.10. The number of carbonyl (C=O) groups is 2. The third-order valence-corrected chi connectivity index (χ3v) is 3.41.